The number of halogens is 1. The van der Waals surface area contributed by atoms with Crippen molar-refractivity contribution >= 4 is 23.4 Å². The van der Waals surface area contributed by atoms with Gasteiger partial charge in [0.2, 0.25) is 0 Å². The molecule has 0 radical (unpaired) electrons. The van der Waals surface area contributed by atoms with Gasteiger partial charge in [-0.25, -0.2) is 4.98 Å². The molecule has 4 heteroatoms. The number of aliphatic hydroxyl groups is 1. The molecule has 2 rings (SSSR count). The van der Waals surface area contributed by atoms with Crippen molar-refractivity contribution in [2.45, 2.75) is 35.6 Å². The van der Waals surface area contributed by atoms with Crippen molar-refractivity contribution in [1.29, 1.82) is 0 Å². The van der Waals surface area contributed by atoms with Gasteiger partial charge in [0.1, 0.15) is 5.03 Å². The zero-order chi connectivity index (χ0) is 9.97. The summed E-state index contributed by atoms with van der Waals surface area (Å²) < 4.78 is 0. The van der Waals surface area contributed by atoms with E-state index in [1.54, 1.807) is 18.0 Å². The van der Waals surface area contributed by atoms with Gasteiger partial charge in [0, 0.05) is 11.4 Å². The van der Waals surface area contributed by atoms with E-state index in [1.165, 1.54) is 0 Å². The van der Waals surface area contributed by atoms with Gasteiger partial charge in [-0.2, -0.15) is 0 Å². The minimum atomic E-state index is -0.196. The van der Waals surface area contributed by atoms with Crippen LogP contribution < -0.4 is 0 Å². The standard InChI is InChI=1S/C10H12ClNOS/c11-7-3-2-6-12-10(7)14-9-5-1-4-8(9)13/h2-3,6,8-9,13H,1,4-5H2. The zero-order valence-corrected chi connectivity index (χ0v) is 9.26. The first-order valence-electron chi connectivity index (χ1n) is 4.72. The van der Waals surface area contributed by atoms with E-state index in [1.807, 2.05) is 12.1 Å². The highest BCUT2D eigenvalue weighted by molar-refractivity contribution is 8.00. The molecule has 1 aromatic rings. The molecule has 1 fully saturated rings. The minimum Gasteiger partial charge on any atom is -0.392 e. The van der Waals surface area contributed by atoms with E-state index in [4.69, 9.17) is 11.6 Å². The lowest BCUT2D eigenvalue weighted by atomic mass is 10.3. The summed E-state index contributed by atoms with van der Waals surface area (Å²) in [5.74, 6) is 0. The molecule has 1 aromatic heterocycles. The van der Waals surface area contributed by atoms with Gasteiger partial charge >= 0.3 is 0 Å². The molecular weight excluding hydrogens is 218 g/mol. The zero-order valence-electron chi connectivity index (χ0n) is 7.69. The number of nitrogens with zero attached hydrogens (tertiary/aromatic N) is 1. The quantitative estimate of drug-likeness (QED) is 0.847. The van der Waals surface area contributed by atoms with Gasteiger partial charge in [0.05, 0.1) is 11.1 Å². The smallest absolute Gasteiger partial charge is 0.115 e. The first kappa shape index (κ1) is 10.3. The highest BCUT2D eigenvalue weighted by Crippen LogP contribution is 2.36. The third-order valence-corrected chi connectivity index (χ3v) is 4.22. The Bertz CT molecular complexity index is 321. The number of rotatable bonds is 2. The van der Waals surface area contributed by atoms with Crippen molar-refractivity contribution in [3.63, 3.8) is 0 Å². The first-order chi connectivity index (χ1) is 6.77. The molecular formula is C10H12ClNOS. The number of aromatic nitrogens is 1. The number of hydrogen-bond acceptors (Lipinski definition) is 3. The molecule has 0 aliphatic heterocycles. The number of thioether (sulfide) groups is 1. The molecule has 1 heterocycles. The maximum atomic E-state index is 9.65. The fraction of sp³-hybridized carbons (Fsp3) is 0.500. The summed E-state index contributed by atoms with van der Waals surface area (Å²) in [6.45, 7) is 0. The van der Waals surface area contributed by atoms with Crippen LogP contribution in [-0.2, 0) is 0 Å². The largest absolute Gasteiger partial charge is 0.392 e. The van der Waals surface area contributed by atoms with Crippen LogP contribution in [0, 0.1) is 0 Å². The van der Waals surface area contributed by atoms with Crippen LogP contribution in [0.1, 0.15) is 19.3 Å². The molecule has 0 amide bonds. The second-order valence-electron chi connectivity index (χ2n) is 3.44. The van der Waals surface area contributed by atoms with Crippen LogP contribution in [0.15, 0.2) is 23.4 Å². The molecule has 0 saturated heterocycles. The summed E-state index contributed by atoms with van der Waals surface area (Å²) in [4.78, 5) is 4.20. The van der Waals surface area contributed by atoms with E-state index in [2.05, 4.69) is 4.98 Å². The fourth-order valence-corrected chi connectivity index (χ4v) is 3.07. The van der Waals surface area contributed by atoms with Crippen LogP contribution in [0.3, 0.4) is 0 Å². The van der Waals surface area contributed by atoms with Crippen LogP contribution >= 0.6 is 23.4 Å². The van der Waals surface area contributed by atoms with E-state index in [0.717, 1.165) is 24.3 Å². The molecule has 1 aliphatic rings. The van der Waals surface area contributed by atoms with Crippen molar-refractivity contribution < 1.29 is 5.11 Å². The predicted molar refractivity (Wildman–Crippen MR) is 58.7 cm³/mol. The highest BCUT2D eigenvalue weighted by atomic mass is 35.5. The van der Waals surface area contributed by atoms with Gasteiger partial charge < -0.3 is 5.11 Å². The van der Waals surface area contributed by atoms with Crippen molar-refractivity contribution in [1.82, 2.24) is 4.98 Å². The Balaban J connectivity index is 2.07. The number of pyridine rings is 1. The SMILES string of the molecule is OC1CCCC1Sc1ncccc1Cl. The van der Waals surface area contributed by atoms with Gasteiger partial charge in [0.25, 0.3) is 0 Å². The summed E-state index contributed by atoms with van der Waals surface area (Å²) in [5, 5.41) is 11.4. The van der Waals surface area contributed by atoms with Crippen molar-refractivity contribution in [3.05, 3.63) is 23.4 Å². The molecule has 0 aromatic carbocycles. The van der Waals surface area contributed by atoms with Crippen molar-refractivity contribution in [2.24, 2.45) is 0 Å². The van der Waals surface area contributed by atoms with Crippen LogP contribution in [0.4, 0.5) is 0 Å². The summed E-state index contributed by atoms with van der Waals surface area (Å²) in [6.07, 6.45) is 4.60. The molecule has 76 valence electrons. The number of aliphatic hydroxyl groups excluding tert-OH is 1. The molecule has 14 heavy (non-hydrogen) atoms. The molecule has 2 unspecified atom stereocenters. The average molecular weight is 230 g/mol. The minimum absolute atomic E-state index is 0.196. The van der Waals surface area contributed by atoms with Crippen molar-refractivity contribution in [3.8, 4) is 0 Å². The molecule has 1 N–H and O–H groups in total. The van der Waals surface area contributed by atoms with E-state index in [-0.39, 0.29) is 11.4 Å². The van der Waals surface area contributed by atoms with Gasteiger partial charge in [-0.3, -0.25) is 0 Å². The van der Waals surface area contributed by atoms with Gasteiger partial charge in [0.15, 0.2) is 0 Å². The summed E-state index contributed by atoms with van der Waals surface area (Å²) in [7, 11) is 0. The Morgan fingerprint density at radius 3 is 3.00 bits per heavy atom. The lowest BCUT2D eigenvalue weighted by molar-refractivity contribution is 0.188. The highest BCUT2D eigenvalue weighted by Gasteiger charge is 2.26. The molecule has 0 bridgehead atoms. The number of hydrogen-bond donors (Lipinski definition) is 1. The van der Waals surface area contributed by atoms with Crippen LogP contribution in [-0.4, -0.2) is 21.4 Å². The lowest BCUT2D eigenvalue weighted by Gasteiger charge is -2.13. The lowest BCUT2D eigenvalue weighted by Crippen LogP contribution is -2.15. The Morgan fingerprint density at radius 2 is 2.36 bits per heavy atom. The summed E-state index contributed by atoms with van der Waals surface area (Å²) in [6, 6.07) is 3.65. The van der Waals surface area contributed by atoms with E-state index in [0.29, 0.717) is 5.02 Å². The van der Waals surface area contributed by atoms with E-state index < -0.39 is 0 Å². The Hall–Kier alpha value is -0.250. The normalized spacial score (nSPS) is 26.7. The maximum absolute atomic E-state index is 9.65. The Morgan fingerprint density at radius 1 is 1.50 bits per heavy atom. The van der Waals surface area contributed by atoms with E-state index in [9.17, 15) is 5.11 Å². The monoisotopic (exact) mass is 229 g/mol. The Labute approximate surface area is 92.7 Å². The summed E-state index contributed by atoms with van der Waals surface area (Å²) >= 11 is 7.58. The third-order valence-electron chi connectivity index (χ3n) is 2.41. The van der Waals surface area contributed by atoms with Crippen LogP contribution in [0.25, 0.3) is 0 Å². The molecule has 2 atom stereocenters. The van der Waals surface area contributed by atoms with Crippen LogP contribution in [0.2, 0.25) is 5.02 Å². The molecule has 0 spiro atoms. The van der Waals surface area contributed by atoms with Gasteiger partial charge in [-0.05, 0) is 31.4 Å². The van der Waals surface area contributed by atoms with Crippen molar-refractivity contribution in [2.75, 3.05) is 0 Å². The Kier molecular flexibility index (Phi) is 3.31. The van der Waals surface area contributed by atoms with E-state index >= 15 is 0 Å². The molecule has 1 aliphatic carbocycles. The fourth-order valence-electron chi connectivity index (χ4n) is 1.65. The summed E-state index contributed by atoms with van der Waals surface area (Å²) in [5.41, 5.74) is 0. The van der Waals surface area contributed by atoms with Gasteiger partial charge in [-0.15, -0.1) is 0 Å². The third kappa shape index (κ3) is 2.22. The second-order valence-corrected chi connectivity index (χ2v) is 5.08. The molecule has 1 saturated carbocycles. The van der Waals surface area contributed by atoms with Crippen LogP contribution in [0.5, 0.6) is 0 Å². The average Bonchev–Trinajstić information content (AvgIpc) is 2.56. The first-order valence-corrected chi connectivity index (χ1v) is 5.98. The topological polar surface area (TPSA) is 33.1 Å². The maximum Gasteiger partial charge on any atom is 0.115 e. The molecule has 2 nitrogen and oxygen atoms in total. The van der Waals surface area contributed by atoms with Gasteiger partial charge in [-0.1, -0.05) is 23.4 Å². The predicted octanol–water partition coefficient (Wildman–Crippen LogP) is 2.74. The second kappa shape index (κ2) is 4.51.